The Morgan fingerprint density at radius 2 is 1.96 bits per heavy atom. The first-order valence-electron chi connectivity index (χ1n) is 7.80. The Morgan fingerprint density at radius 3 is 2.61 bits per heavy atom. The fourth-order valence-electron chi connectivity index (χ4n) is 3.75. The number of hydrogen-bond donors (Lipinski definition) is 2. The molecule has 2 aromatic carbocycles. The molecule has 0 saturated heterocycles. The molecule has 0 bridgehead atoms. The fourth-order valence-corrected chi connectivity index (χ4v) is 3.75. The summed E-state index contributed by atoms with van der Waals surface area (Å²) >= 11 is 0. The van der Waals surface area contributed by atoms with E-state index in [-0.39, 0.29) is 5.92 Å². The average Bonchev–Trinajstić information content (AvgIpc) is 2.57. The SMILES string of the molecule is CO[C@@](C(=O)O)(c1ccccc1)C1CCc2cccc(N)c2C1. The van der Waals surface area contributed by atoms with Crippen LogP contribution in [0.1, 0.15) is 23.1 Å². The van der Waals surface area contributed by atoms with E-state index in [0.717, 1.165) is 24.1 Å². The van der Waals surface area contributed by atoms with Gasteiger partial charge in [-0.2, -0.15) is 0 Å². The number of anilines is 1. The molecule has 3 N–H and O–H groups in total. The van der Waals surface area contributed by atoms with Crippen LogP contribution in [-0.4, -0.2) is 18.2 Å². The molecule has 0 radical (unpaired) electrons. The predicted octanol–water partition coefficient (Wildman–Crippen LogP) is 3.00. The molecule has 1 aliphatic carbocycles. The fraction of sp³-hybridized carbons (Fsp3) is 0.316. The zero-order valence-electron chi connectivity index (χ0n) is 13.2. The van der Waals surface area contributed by atoms with E-state index < -0.39 is 11.6 Å². The number of methoxy groups -OCH3 is 1. The van der Waals surface area contributed by atoms with E-state index in [1.807, 2.05) is 42.5 Å². The summed E-state index contributed by atoms with van der Waals surface area (Å²) in [6, 6.07) is 15.1. The maximum atomic E-state index is 12.2. The minimum absolute atomic E-state index is 0.162. The highest BCUT2D eigenvalue weighted by Crippen LogP contribution is 2.42. The lowest BCUT2D eigenvalue weighted by atomic mass is 9.71. The van der Waals surface area contributed by atoms with Crippen LogP contribution >= 0.6 is 0 Å². The molecule has 0 amide bonds. The van der Waals surface area contributed by atoms with Crippen molar-refractivity contribution in [1.82, 2.24) is 0 Å². The van der Waals surface area contributed by atoms with Gasteiger partial charge in [0, 0.05) is 18.7 Å². The molecule has 4 heteroatoms. The molecule has 2 atom stereocenters. The van der Waals surface area contributed by atoms with Crippen LogP contribution in [0.15, 0.2) is 48.5 Å². The summed E-state index contributed by atoms with van der Waals surface area (Å²) in [5.74, 6) is -1.11. The molecule has 4 nitrogen and oxygen atoms in total. The summed E-state index contributed by atoms with van der Waals surface area (Å²) < 4.78 is 5.64. The van der Waals surface area contributed by atoms with Crippen LogP contribution in [-0.2, 0) is 28.0 Å². The topological polar surface area (TPSA) is 72.5 Å². The number of carbonyl (C=O) groups is 1. The Morgan fingerprint density at radius 1 is 1.22 bits per heavy atom. The summed E-state index contributed by atoms with van der Waals surface area (Å²) in [5, 5.41) is 9.99. The van der Waals surface area contributed by atoms with Gasteiger partial charge in [0.2, 0.25) is 0 Å². The number of carboxylic acids is 1. The minimum atomic E-state index is -1.35. The molecule has 2 aromatic rings. The highest BCUT2D eigenvalue weighted by atomic mass is 16.5. The Balaban J connectivity index is 2.06. The van der Waals surface area contributed by atoms with E-state index in [0.29, 0.717) is 12.0 Å². The van der Waals surface area contributed by atoms with Gasteiger partial charge in [-0.05, 0) is 42.0 Å². The number of hydrogen-bond acceptors (Lipinski definition) is 3. The van der Waals surface area contributed by atoms with E-state index in [1.165, 1.54) is 12.7 Å². The lowest BCUT2D eigenvalue weighted by molar-refractivity contribution is -0.173. The molecule has 120 valence electrons. The number of aliphatic carboxylic acids is 1. The van der Waals surface area contributed by atoms with E-state index in [9.17, 15) is 9.90 Å². The lowest BCUT2D eigenvalue weighted by Gasteiger charge is -2.39. The van der Waals surface area contributed by atoms with Gasteiger partial charge in [-0.1, -0.05) is 42.5 Å². The molecular formula is C19H21NO3. The minimum Gasteiger partial charge on any atom is -0.479 e. The zero-order chi connectivity index (χ0) is 16.4. The largest absolute Gasteiger partial charge is 0.479 e. The molecule has 0 aromatic heterocycles. The van der Waals surface area contributed by atoms with Crippen molar-refractivity contribution >= 4 is 11.7 Å². The second-order valence-corrected chi connectivity index (χ2v) is 6.04. The Hall–Kier alpha value is -2.33. The first kappa shape index (κ1) is 15.6. The molecule has 0 fully saturated rings. The van der Waals surface area contributed by atoms with Crippen molar-refractivity contribution in [3.8, 4) is 0 Å². The second kappa shape index (κ2) is 6.05. The summed E-state index contributed by atoms with van der Waals surface area (Å²) in [4.78, 5) is 12.2. The number of benzene rings is 2. The molecule has 0 aliphatic heterocycles. The summed E-state index contributed by atoms with van der Waals surface area (Å²) in [7, 11) is 1.48. The van der Waals surface area contributed by atoms with E-state index >= 15 is 0 Å². The van der Waals surface area contributed by atoms with E-state index in [2.05, 4.69) is 6.07 Å². The normalized spacial score (nSPS) is 19.6. The second-order valence-electron chi connectivity index (χ2n) is 6.04. The number of carboxylic acid groups (broad SMARTS) is 1. The maximum absolute atomic E-state index is 12.2. The van der Waals surface area contributed by atoms with Gasteiger partial charge < -0.3 is 15.6 Å². The van der Waals surface area contributed by atoms with Crippen molar-refractivity contribution in [2.24, 2.45) is 5.92 Å². The molecule has 0 spiro atoms. The van der Waals surface area contributed by atoms with Gasteiger partial charge in [0.25, 0.3) is 0 Å². The van der Waals surface area contributed by atoms with Gasteiger partial charge in [0.15, 0.2) is 5.60 Å². The highest BCUT2D eigenvalue weighted by Gasteiger charge is 2.49. The third-order valence-electron chi connectivity index (χ3n) is 4.94. The Bertz CT molecular complexity index is 714. The van der Waals surface area contributed by atoms with Crippen LogP contribution in [0.5, 0.6) is 0 Å². The van der Waals surface area contributed by atoms with Gasteiger partial charge in [0.05, 0.1) is 0 Å². The van der Waals surface area contributed by atoms with Crippen molar-refractivity contribution in [2.75, 3.05) is 12.8 Å². The molecule has 1 unspecified atom stereocenters. The number of rotatable bonds is 4. The zero-order valence-corrected chi connectivity index (χ0v) is 13.2. The Kier molecular flexibility index (Phi) is 4.09. The third kappa shape index (κ3) is 2.49. The van der Waals surface area contributed by atoms with Gasteiger partial charge in [-0.15, -0.1) is 0 Å². The van der Waals surface area contributed by atoms with Crippen LogP contribution in [0.3, 0.4) is 0 Å². The monoisotopic (exact) mass is 311 g/mol. The molecule has 3 rings (SSSR count). The van der Waals surface area contributed by atoms with Crippen molar-refractivity contribution in [1.29, 1.82) is 0 Å². The summed E-state index contributed by atoms with van der Waals surface area (Å²) in [5.41, 5.74) is 8.45. The number of ether oxygens (including phenoxy) is 1. The smallest absolute Gasteiger partial charge is 0.340 e. The van der Waals surface area contributed by atoms with Crippen molar-refractivity contribution in [3.05, 3.63) is 65.2 Å². The van der Waals surface area contributed by atoms with E-state index in [4.69, 9.17) is 10.5 Å². The van der Waals surface area contributed by atoms with Gasteiger partial charge in [0.1, 0.15) is 0 Å². The number of aryl methyl sites for hydroxylation is 1. The van der Waals surface area contributed by atoms with E-state index in [1.54, 1.807) is 0 Å². The van der Waals surface area contributed by atoms with Crippen LogP contribution in [0, 0.1) is 5.92 Å². The van der Waals surface area contributed by atoms with Crippen LogP contribution < -0.4 is 5.73 Å². The average molecular weight is 311 g/mol. The number of fused-ring (bicyclic) bond motifs is 1. The van der Waals surface area contributed by atoms with Crippen molar-refractivity contribution < 1.29 is 14.6 Å². The predicted molar refractivity (Wildman–Crippen MR) is 89.1 cm³/mol. The molecule has 1 aliphatic rings. The number of nitrogen functional groups attached to an aromatic ring is 1. The standard InChI is InChI=1S/C19H21NO3/c1-23-19(18(21)22,14-7-3-2-4-8-14)15-11-10-13-6-5-9-17(20)16(13)12-15/h2-9,15H,10-12,20H2,1H3,(H,21,22)/t15?,19-/m0/s1. The lowest BCUT2D eigenvalue weighted by Crippen LogP contribution is -2.47. The first-order valence-corrected chi connectivity index (χ1v) is 7.80. The molecule has 23 heavy (non-hydrogen) atoms. The summed E-state index contributed by atoms with van der Waals surface area (Å²) in [6.45, 7) is 0. The van der Waals surface area contributed by atoms with Crippen LogP contribution in [0.4, 0.5) is 5.69 Å². The third-order valence-corrected chi connectivity index (χ3v) is 4.94. The number of nitrogens with two attached hydrogens (primary N) is 1. The van der Waals surface area contributed by atoms with Crippen molar-refractivity contribution in [2.45, 2.75) is 24.9 Å². The maximum Gasteiger partial charge on any atom is 0.340 e. The molecule has 0 saturated carbocycles. The van der Waals surface area contributed by atoms with Gasteiger partial charge in [-0.3, -0.25) is 0 Å². The van der Waals surface area contributed by atoms with Crippen LogP contribution in [0.2, 0.25) is 0 Å². The molecular weight excluding hydrogens is 290 g/mol. The van der Waals surface area contributed by atoms with Gasteiger partial charge in [-0.25, -0.2) is 4.79 Å². The first-order chi connectivity index (χ1) is 11.1. The molecule has 0 heterocycles. The highest BCUT2D eigenvalue weighted by molar-refractivity contribution is 5.80. The summed E-state index contributed by atoms with van der Waals surface area (Å²) in [6.07, 6.45) is 2.18. The Labute approximate surface area is 135 Å². The van der Waals surface area contributed by atoms with Gasteiger partial charge >= 0.3 is 5.97 Å². The quantitative estimate of drug-likeness (QED) is 0.851. The van der Waals surface area contributed by atoms with Crippen molar-refractivity contribution in [3.63, 3.8) is 0 Å². The van der Waals surface area contributed by atoms with Crippen LogP contribution in [0.25, 0.3) is 0 Å².